The summed E-state index contributed by atoms with van der Waals surface area (Å²) in [5.41, 5.74) is -0.356. The number of aromatic nitrogens is 1. The molecule has 0 amide bonds. The van der Waals surface area contributed by atoms with Crippen LogP contribution in [0.4, 0.5) is 5.82 Å². The van der Waals surface area contributed by atoms with E-state index in [0.29, 0.717) is 18.2 Å². The molecule has 0 bridgehead atoms. The van der Waals surface area contributed by atoms with E-state index in [1.807, 2.05) is 27.7 Å². The predicted molar refractivity (Wildman–Crippen MR) is 95.6 cm³/mol. The van der Waals surface area contributed by atoms with Crippen LogP contribution in [0.25, 0.3) is 0 Å². The third-order valence-electron chi connectivity index (χ3n) is 4.27. The highest BCUT2D eigenvalue weighted by molar-refractivity contribution is 7.87. The number of hydrogen-bond acceptors (Lipinski definition) is 7. The molecule has 7 nitrogen and oxygen atoms in total. The average molecular weight is 372 g/mol. The molecule has 1 aromatic heterocycles. The Labute approximate surface area is 149 Å². The number of rotatable bonds is 8. The second-order valence-electron chi connectivity index (χ2n) is 7.58. The Morgan fingerprint density at radius 2 is 2.12 bits per heavy atom. The van der Waals surface area contributed by atoms with Gasteiger partial charge >= 0.3 is 10.1 Å². The van der Waals surface area contributed by atoms with E-state index in [-0.39, 0.29) is 28.9 Å². The Kier molecular flexibility index (Phi) is 6.26. The zero-order valence-electron chi connectivity index (χ0n) is 15.6. The maximum Gasteiger partial charge on any atom is 0.310 e. The topological polar surface area (TPSA) is 91.0 Å². The molecule has 0 aromatic carbocycles. The summed E-state index contributed by atoms with van der Waals surface area (Å²) in [5.74, 6) is 1.10. The molecule has 0 spiro atoms. The molecule has 1 aromatic rings. The van der Waals surface area contributed by atoms with Crippen LogP contribution >= 0.6 is 0 Å². The van der Waals surface area contributed by atoms with Gasteiger partial charge in [0.15, 0.2) is 5.82 Å². The SMILES string of the molecule is COCC(C)(C)c1cc(N=C(OS(=O)(=O)CC2CCC2)C(C)C)no1. The minimum absolute atomic E-state index is 0.0453. The number of methoxy groups -OCH3 is 1. The summed E-state index contributed by atoms with van der Waals surface area (Å²) in [6, 6.07) is 1.68. The standard InChI is InChI=1S/C17H28N2O5S/c1-12(2)16(24-25(20,21)10-13-7-6-8-13)18-15-9-14(23-19-15)17(3,4)11-22-5/h9,12-13H,6-8,10-11H2,1-5H3. The third kappa shape index (κ3) is 5.54. The molecule has 0 saturated heterocycles. The quantitative estimate of drug-likeness (QED) is 0.394. The zero-order valence-corrected chi connectivity index (χ0v) is 16.4. The van der Waals surface area contributed by atoms with Crippen molar-refractivity contribution in [3.05, 3.63) is 11.8 Å². The van der Waals surface area contributed by atoms with E-state index in [0.717, 1.165) is 19.3 Å². The molecule has 0 atom stereocenters. The van der Waals surface area contributed by atoms with Crippen LogP contribution in [0.3, 0.4) is 0 Å². The normalized spacial score (nSPS) is 17.0. The van der Waals surface area contributed by atoms with E-state index in [9.17, 15) is 8.42 Å². The van der Waals surface area contributed by atoms with Crippen LogP contribution in [0.15, 0.2) is 15.6 Å². The molecule has 1 saturated carbocycles. The molecule has 0 N–H and O–H groups in total. The molecule has 0 aliphatic heterocycles. The summed E-state index contributed by atoms with van der Waals surface area (Å²) in [6.45, 7) is 8.05. The first-order valence-corrected chi connectivity index (χ1v) is 10.2. The summed E-state index contributed by atoms with van der Waals surface area (Å²) in [5, 5.41) is 3.91. The first-order valence-electron chi connectivity index (χ1n) is 8.60. The largest absolute Gasteiger partial charge is 0.384 e. The van der Waals surface area contributed by atoms with E-state index in [2.05, 4.69) is 10.1 Å². The molecule has 1 fully saturated rings. The fourth-order valence-corrected chi connectivity index (χ4v) is 4.01. The fourth-order valence-electron chi connectivity index (χ4n) is 2.54. The van der Waals surface area contributed by atoms with Crippen LogP contribution in [0, 0.1) is 11.8 Å². The average Bonchev–Trinajstić information content (AvgIpc) is 2.91. The Morgan fingerprint density at radius 3 is 2.64 bits per heavy atom. The fraction of sp³-hybridized carbons (Fsp3) is 0.765. The Morgan fingerprint density at radius 1 is 1.44 bits per heavy atom. The van der Waals surface area contributed by atoms with Gasteiger partial charge in [0.2, 0.25) is 5.90 Å². The second-order valence-corrected chi connectivity index (χ2v) is 9.19. The van der Waals surface area contributed by atoms with Gasteiger partial charge in [0.1, 0.15) is 5.76 Å². The van der Waals surface area contributed by atoms with Gasteiger partial charge in [-0.2, -0.15) is 13.4 Å². The maximum atomic E-state index is 12.2. The Balaban J connectivity index is 2.15. The first kappa shape index (κ1) is 19.9. The van der Waals surface area contributed by atoms with Gasteiger partial charge in [-0.3, -0.25) is 0 Å². The van der Waals surface area contributed by atoms with Gasteiger partial charge in [-0.1, -0.05) is 39.3 Å². The zero-order chi connectivity index (χ0) is 18.7. The van der Waals surface area contributed by atoms with Crippen LogP contribution in [0.5, 0.6) is 0 Å². The van der Waals surface area contributed by atoms with Crippen molar-refractivity contribution in [2.45, 2.75) is 52.4 Å². The van der Waals surface area contributed by atoms with Crippen LogP contribution < -0.4 is 0 Å². The molecule has 1 aliphatic carbocycles. The lowest BCUT2D eigenvalue weighted by Gasteiger charge is -2.24. The highest BCUT2D eigenvalue weighted by atomic mass is 32.2. The van der Waals surface area contributed by atoms with Gasteiger partial charge in [0.25, 0.3) is 0 Å². The van der Waals surface area contributed by atoms with E-state index in [1.165, 1.54) is 0 Å². The van der Waals surface area contributed by atoms with Gasteiger partial charge in [0.05, 0.1) is 12.4 Å². The third-order valence-corrected chi connectivity index (χ3v) is 5.57. The van der Waals surface area contributed by atoms with Crippen molar-refractivity contribution in [1.82, 2.24) is 5.16 Å². The number of ether oxygens (including phenoxy) is 1. The highest BCUT2D eigenvalue weighted by Crippen LogP contribution is 2.29. The molecule has 25 heavy (non-hydrogen) atoms. The van der Waals surface area contributed by atoms with Crippen molar-refractivity contribution < 1.29 is 21.9 Å². The lowest BCUT2D eigenvalue weighted by molar-refractivity contribution is 0.129. The van der Waals surface area contributed by atoms with Crippen molar-refractivity contribution >= 4 is 21.8 Å². The van der Waals surface area contributed by atoms with Crippen LogP contribution in [-0.2, 0) is 24.5 Å². The molecular weight excluding hydrogens is 344 g/mol. The minimum atomic E-state index is -3.65. The monoisotopic (exact) mass is 372 g/mol. The van der Waals surface area contributed by atoms with E-state index >= 15 is 0 Å². The maximum absolute atomic E-state index is 12.2. The molecule has 8 heteroatoms. The van der Waals surface area contributed by atoms with Crippen molar-refractivity contribution in [3.63, 3.8) is 0 Å². The molecule has 0 unspecified atom stereocenters. The summed E-state index contributed by atoms with van der Waals surface area (Å²) in [6.07, 6.45) is 2.97. The van der Waals surface area contributed by atoms with Crippen molar-refractivity contribution in [1.29, 1.82) is 0 Å². The Hall–Kier alpha value is -1.41. The summed E-state index contributed by atoms with van der Waals surface area (Å²) in [7, 11) is -2.03. The van der Waals surface area contributed by atoms with E-state index in [1.54, 1.807) is 13.2 Å². The molecule has 1 heterocycles. The van der Waals surface area contributed by atoms with Gasteiger partial charge in [-0.25, -0.2) is 0 Å². The van der Waals surface area contributed by atoms with E-state index < -0.39 is 10.1 Å². The van der Waals surface area contributed by atoms with Gasteiger partial charge in [-0.05, 0) is 18.8 Å². The molecule has 0 radical (unpaired) electrons. The number of aliphatic imine (C=N–C) groups is 1. The van der Waals surface area contributed by atoms with Crippen molar-refractivity contribution in [2.75, 3.05) is 19.5 Å². The first-order chi connectivity index (χ1) is 11.6. The second kappa shape index (κ2) is 7.86. The van der Waals surface area contributed by atoms with E-state index in [4.69, 9.17) is 13.4 Å². The number of nitrogens with zero attached hydrogens (tertiary/aromatic N) is 2. The number of hydrogen-bond donors (Lipinski definition) is 0. The molecule has 1 aliphatic rings. The van der Waals surface area contributed by atoms with Gasteiger partial charge in [0, 0.05) is 24.5 Å². The molecule has 142 valence electrons. The van der Waals surface area contributed by atoms with Crippen LogP contribution in [0.1, 0.15) is 52.7 Å². The van der Waals surface area contributed by atoms with Crippen molar-refractivity contribution in [3.8, 4) is 0 Å². The lowest BCUT2D eigenvalue weighted by Crippen LogP contribution is -2.27. The van der Waals surface area contributed by atoms with Gasteiger partial charge in [-0.15, -0.1) is 0 Å². The van der Waals surface area contributed by atoms with Crippen LogP contribution in [0.2, 0.25) is 0 Å². The van der Waals surface area contributed by atoms with Gasteiger partial charge < -0.3 is 13.4 Å². The highest BCUT2D eigenvalue weighted by Gasteiger charge is 2.29. The smallest absolute Gasteiger partial charge is 0.310 e. The molecular formula is C17H28N2O5S. The summed E-state index contributed by atoms with van der Waals surface area (Å²) >= 11 is 0. The molecule has 2 rings (SSSR count). The minimum Gasteiger partial charge on any atom is -0.384 e. The summed E-state index contributed by atoms with van der Waals surface area (Å²) in [4.78, 5) is 4.26. The van der Waals surface area contributed by atoms with Crippen LogP contribution in [-0.4, -0.2) is 38.9 Å². The van der Waals surface area contributed by atoms with Crippen molar-refractivity contribution in [2.24, 2.45) is 16.8 Å². The lowest BCUT2D eigenvalue weighted by atomic mass is 9.87. The Bertz CT molecular complexity index is 702. The predicted octanol–water partition coefficient (Wildman–Crippen LogP) is 3.43. The summed E-state index contributed by atoms with van der Waals surface area (Å²) < 4.78 is 40.2.